The molecular weight excluding hydrogens is 683 g/mol. The number of hydrogen-bond donors (Lipinski definition) is 0. The summed E-state index contributed by atoms with van der Waals surface area (Å²) in [5.74, 6) is 0. The van der Waals surface area contributed by atoms with Gasteiger partial charge in [-0.1, -0.05) is 182 Å². The molecule has 0 unspecified atom stereocenters. The van der Waals surface area contributed by atoms with Crippen LogP contribution in [0.2, 0.25) is 0 Å². The van der Waals surface area contributed by atoms with Crippen LogP contribution in [0.1, 0.15) is 0 Å². The molecule has 5 heteroatoms. The second-order valence-corrected chi connectivity index (χ2v) is 13.1. The first kappa shape index (κ1) is 36.8. The summed E-state index contributed by atoms with van der Waals surface area (Å²) in [6.45, 7) is 11.5. The standard InChI is InChI=1S/2C18H15P.C2H3.CO.ClH.Ru/c2*1-4-10-16(11-5-1)19(17-12-6-2-7-13-17)18-14-8-3-9-15-18;2*1-2;;/h2*1-15H;1H,2H2;;1H;/q;;-1;;;+2/p-1. The molecule has 0 aliphatic carbocycles. The van der Waals surface area contributed by atoms with Gasteiger partial charge in [-0.05, 0) is 47.7 Å². The minimum absolute atomic E-state index is 0.446. The van der Waals surface area contributed by atoms with Gasteiger partial charge in [0.05, 0.1) is 0 Å². The quantitative estimate of drug-likeness (QED) is 0.0719. The second-order valence-electron chi connectivity index (χ2n) is 8.68. The zero-order valence-corrected chi connectivity index (χ0v) is 28.4. The molecule has 0 aliphatic heterocycles. The van der Waals surface area contributed by atoms with E-state index in [0.29, 0.717) is 0 Å². The molecule has 44 heavy (non-hydrogen) atoms. The van der Waals surface area contributed by atoms with Crippen LogP contribution in [0.5, 0.6) is 0 Å². The van der Waals surface area contributed by atoms with Crippen molar-refractivity contribution in [1.82, 2.24) is 0 Å². The molecule has 0 bridgehead atoms. The molecule has 0 saturated heterocycles. The van der Waals surface area contributed by atoms with E-state index in [-0.39, 0.29) is 0 Å². The Balaban J connectivity index is 0.000000263. The van der Waals surface area contributed by atoms with Crippen LogP contribution in [0.25, 0.3) is 0 Å². The van der Waals surface area contributed by atoms with Crippen molar-refractivity contribution in [2.45, 2.75) is 0 Å². The molecule has 0 atom stereocenters. The van der Waals surface area contributed by atoms with Crippen molar-refractivity contribution >= 4 is 57.4 Å². The summed E-state index contributed by atoms with van der Waals surface area (Å²) in [7, 11) is 3.68. The van der Waals surface area contributed by atoms with Gasteiger partial charge in [0.25, 0.3) is 0 Å². The third kappa shape index (κ3) is 11.6. The molecule has 6 rings (SSSR count). The van der Waals surface area contributed by atoms with Crippen LogP contribution < -0.4 is 31.8 Å². The topological polar surface area (TPSA) is 19.9 Å². The summed E-state index contributed by atoms with van der Waals surface area (Å²) < 4.78 is 7.50. The molecule has 0 aromatic heterocycles. The Bertz CT molecular complexity index is 1250. The van der Waals surface area contributed by atoms with E-state index in [4.69, 9.17) is 4.65 Å². The fourth-order valence-electron chi connectivity index (χ4n) is 4.36. The van der Waals surface area contributed by atoms with E-state index in [1.165, 1.54) is 31.8 Å². The van der Waals surface area contributed by atoms with Crippen LogP contribution in [-0.2, 0) is 22.0 Å². The van der Waals surface area contributed by atoms with Gasteiger partial charge in [0.2, 0.25) is 0 Å². The van der Waals surface area contributed by atoms with Gasteiger partial charge in [0, 0.05) is 0 Å². The van der Waals surface area contributed by atoms with Crippen molar-refractivity contribution in [1.29, 1.82) is 0 Å². The molecular formula is C39H33ClOP2Ru. The van der Waals surface area contributed by atoms with Crippen LogP contribution in [-0.4, -0.2) is 0 Å². The molecule has 0 amide bonds. The van der Waals surface area contributed by atoms with Crippen LogP contribution in [0.4, 0.5) is 0 Å². The van der Waals surface area contributed by atoms with Crippen molar-refractivity contribution in [3.63, 3.8) is 0 Å². The second kappa shape index (κ2) is 23.0. The first-order valence-corrected chi connectivity index (χ1v) is 18.5. The molecule has 1 nitrogen and oxygen atoms in total. The third-order valence-electron chi connectivity index (χ3n) is 6.09. The van der Waals surface area contributed by atoms with Gasteiger partial charge in [0.15, 0.2) is 0 Å². The summed E-state index contributed by atoms with van der Waals surface area (Å²) in [6.07, 6.45) is 0. The average molecular weight is 716 g/mol. The fraction of sp³-hybridized carbons (Fsp3) is 0. The summed E-state index contributed by atoms with van der Waals surface area (Å²) >= 11 is 1.82. The number of hydrogen-bond acceptors (Lipinski definition) is 0. The third-order valence-corrected chi connectivity index (χ3v) is 11.0. The largest absolute Gasteiger partial charge is 0.0622 e. The monoisotopic (exact) mass is 716 g/mol. The maximum absolute atomic E-state index is 7.50. The summed E-state index contributed by atoms with van der Waals surface area (Å²) in [6, 6.07) is 64.7. The van der Waals surface area contributed by atoms with E-state index in [1.54, 1.807) is 0 Å². The van der Waals surface area contributed by atoms with E-state index in [0.717, 1.165) is 0 Å². The summed E-state index contributed by atoms with van der Waals surface area (Å²) in [5, 5.41) is 8.39. The molecule has 0 radical (unpaired) electrons. The Morgan fingerprint density at radius 3 is 0.591 bits per heavy atom. The maximum Gasteiger partial charge on any atom is -0.0134 e. The predicted molar refractivity (Wildman–Crippen MR) is 190 cm³/mol. The van der Waals surface area contributed by atoms with Crippen molar-refractivity contribution in [3.8, 4) is 0 Å². The summed E-state index contributed by atoms with van der Waals surface area (Å²) in [4.78, 5) is 0. The van der Waals surface area contributed by atoms with E-state index in [1.807, 2.05) is 17.3 Å². The van der Waals surface area contributed by atoms with Crippen molar-refractivity contribution < 1.29 is 22.0 Å². The van der Waals surface area contributed by atoms with Crippen LogP contribution in [0.15, 0.2) is 189 Å². The van der Waals surface area contributed by atoms with Gasteiger partial charge in [-0.2, -0.15) is 0 Å². The maximum atomic E-state index is 7.50. The van der Waals surface area contributed by atoms with Crippen LogP contribution >= 0.6 is 25.5 Å². The van der Waals surface area contributed by atoms with Crippen molar-refractivity contribution in [2.24, 2.45) is 0 Å². The predicted octanol–water partition coefficient (Wildman–Crippen LogP) is 8.14. The molecule has 0 fully saturated rings. The zero-order chi connectivity index (χ0) is 31.8. The molecule has 220 valence electrons. The Morgan fingerprint density at radius 2 is 0.477 bits per heavy atom. The van der Waals surface area contributed by atoms with E-state index >= 15 is 0 Å². The average Bonchev–Trinajstić information content (AvgIpc) is 3.14. The van der Waals surface area contributed by atoms with Crippen molar-refractivity contribution in [3.05, 3.63) is 202 Å². The Morgan fingerprint density at radius 1 is 0.364 bits per heavy atom. The molecule has 0 aliphatic rings. The van der Waals surface area contributed by atoms with Crippen LogP contribution in [0, 0.1) is 13.2 Å². The van der Waals surface area contributed by atoms with E-state index < -0.39 is 15.8 Å². The fourth-order valence-corrected chi connectivity index (χ4v) is 8.97. The van der Waals surface area contributed by atoms with Gasteiger partial charge in [-0.25, -0.2) is 0 Å². The number of halogens is 1. The molecule has 0 heterocycles. The van der Waals surface area contributed by atoms with Crippen LogP contribution in [0.3, 0.4) is 0 Å². The molecule has 0 spiro atoms. The zero-order valence-electron chi connectivity index (χ0n) is 24.1. The minimum atomic E-state index is -0.446. The smallest absolute Gasteiger partial charge is 0.0134 e. The molecule has 6 aromatic carbocycles. The first-order valence-electron chi connectivity index (χ1n) is 13.6. The van der Waals surface area contributed by atoms with E-state index in [2.05, 4.69) is 211 Å². The Kier molecular flexibility index (Phi) is 19.2. The van der Waals surface area contributed by atoms with Gasteiger partial charge in [-0.3, -0.25) is 6.58 Å². The molecule has 0 N–H and O–H groups in total. The minimum Gasteiger partial charge on any atom is -0.0622 e. The molecule has 0 saturated carbocycles. The van der Waals surface area contributed by atoms with Gasteiger partial charge in [0.1, 0.15) is 0 Å². The SMILES string of the molecule is [C-]#[O+].[CH-]=C.[Cl][Ru+].c1ccc(P(c2ccccc2)c2ccccc2)cc1.c1ccc(P(c2ccccc2)c2ccccc2)cc1. The van der Waals surface area contributed by atoms with Gasteiger partial charge >= 0.3 is 38.3 Å². The molecule has 6 aromatic rings. The number of rotatable bonds is 6. The number of benzene rings is 6. The van der Waals surface area contributed by atoms with Gasteiger partial charge < -0.3 is 6.58 Å². The van der Waals surface area contributed by atoms with Crippen molar-refractivity contribution in [2.75, 3.05) is 0 Å². The normalized spacial score (nSPS) is 9.41. The first-order chi connectivity index (χ1) is 21.9. The summed E-state index contributed by atoms with van der Waals surface area (Å²) in [5.41, 5.74) is 0. The van der Waals surface area contributed by atoms with Gasteiger partial charge in [-0.15, -0.1) is 0 Å². The van der Waals surface area contributed by atoms with E-state index in [9.17, 15) is 0 Å². The Hall–Kier alpha value is -3.43. The Labute approximate surface area is 279 Å².